The minimum atomic E-state index is -4.16. The molecule has 2 amide bonds. The zero-order valence-corrected chi connectivity index (χ0v) is 26.8. The summed E-state index contributed by atoms with van der Waals surface area (Å²) in [7, 11) is -4.16. The number of nitrogens with one attached hydrogen (secondary N) is 1. The fraction of sp³-hybridized carbons (Fsp3) is 0.257. The summed E-state index contributed by atoms with van der Waals surface area (Å²) < 4.78 is 29.1. The normalized spacial score (nSPS) is 12.6. The third-order valence-corrected chi connectivity index (χ3v) is 9.51. The Labute approximate surface area is 265 Å². The maximum absolute atomic E-state index is 14.4. The number of rotatable bonds is 13. The first kappa shape index (κ1) is 32.8. The molecule has 7 nitrogen and oxygen atoms in total. The Morgan fingerprint density at radius 1 is 0.818 bits per heavy atom. The van der Waals surface area contributed by atoms with Gasteiger partial charge in [-0.15, -0.1) is 0 Å². The van der Waals surface area contributed by atoms with Crippen molar-refractivity contribution in [3.05, 3.63) is 131 Å². The molecule has 2 atom stereocenters. The van der Waals surface area contributed by atoms with Crippen LogP contribution < -0.4 is 9.62 Å². The maximum Gasteiger partial charge on any atom is 0.264 e. The molecule has 44 heavy (non-hydrogen) atoms. The number of carbonyl (C=O) groups is 2. The molecule has 0 aliphatic carbocycles. The summed E-state index contributed by atoms with van der Waals surface area (Å²) in [6, 6.07) is 30.5. The van der Waals surface area contributed by atoms with Crippen LogP contribution in [0.4, 0.5) is 5.69 Å². The maximum atomic E-state index is 14.4. The Balaban J connectivity index is 1.79. The molecule has 0 spiro atoms. The monoisotopic (exact) mass is 631 g/mol. The number of carbonyl (C=O) groups excluding carboxylic acids is 2. The first-order valence-corrected chi connectivity index (χ1v) is 16.4. The van der Waals surface area contributed by atoms with Crippen LogP contribution in [0, 0.1) is 6.92 Å². The van der Waals surface area contributed by atoms with Crippen molar-refractivity contribution in [2.24, 2.45) is 0 Å². The average Bonchev–Trinajstić information content (AvgIpc) is 3.03. The smallest absolute Gasteiger partial charge is 0.264 e. The van der Waals surface area contributed by atoms with Gasteiger partial charge >= 0.3 is 0 Å². The van der Waals surface area contributed by atoms with E-state index in [0.717, 1.165) is 27.4 Å². The number of nitrogens with zero attached hydrogens (tertiary/aromatic N) is 2. The van der Waals surface area contributed by atoms with Gasteiger partial charge < -0.3 is 10.2 Å². The highest BCUT2D eigenvalue weighted by Gasteiger charge is 2.35. The van der Waals surface area contributed by atoms with Crippen LogP contribution in [0.2, 0.25) is 5.02 Å². The summed E-state index contributed by atoms with van der Waals surface area (Å²) in [6.45, 7) is 5.46. The van der Waals surface area contributed by atoms with Gasteiger partial charge in [0, 0.05) is 24.0 Å². The van der Waals surface area contributed by atoms with Crippen molar-refractivity contribution in [3.63, 3.8) is 0 Å². The van der Waals surface area contributed by atoms with Crippen molar-refractivity contribution >= 4 is 39.1 Å². The Morgan fingerprint density at radius 3 is 2.00 bits per heavy atom. The van der Waals surface area contributed by atoms with Crippen molar-refractivity contribution in [1.29, 1.82) is 0 Å². The molecule has 0 bridgehead atoms. The Morgan fingerprint density at radius 2 is 1.41 bits per heavy atom. The lowest BCUT2D eigenvalue weighted by Crippen LogP contribution is -2.54. The van der Waals surface area contributed by atoms with Crippen LogP contribution in [0.5, 0.6) is 0 Å². The van der Waals surface area contributed by atoms with Gasteiger partial charge in [-0.3, -0.25) is 13.9 Å². The van der Waals surface area contributed by atoms with E-state index in [1.165, 1.54) is 17.0 Å². The van der Waals surface area contributed by atoms with E-state index >= 15 is 0 Å². The summed E-state index contributed by atoms with van der Waals surface area (Å²) in [5.74, 6) is -0.812. The predicted molar refractivity (Wildman–Crippen MR) is 176 cm³/mol. The first-order valence-electron chi connectivity index (χ1n) is 14.6. The van der Waals surface area contributed by atoms with Gasteiger partial charge in [-0.05, 0) is 67.8 Å². The summed E-state index contributed by atoms with van der Waals surface area (Å²) in [5.41, 5.74) is 3.04. The van der Waals surface area contributed by atoms with Gasteiger partial charge in [-0.2, -0.15) is 0 Å². The van der Waals surface area contributed by atoms with E-state index < -0.39 is 28.5 Å². The van der Waals surface area contributed by atoms with Crippen LogP contribution in [-0.4, -0.2) is 43.8 Å². The van der Waals surface area contributed by atoms with E-state index in [0.29, 0.717) is 5.02 Å². The molecule has 4 aromatic rings. The molecule has 0 unspecified atom stereocenters. The van der Waals surface area contributed by atoms with Crippen molar-refractivity contribution in [2.75, 3.05) is 10.8 Å². The van der Waals surface area contributed by atoms with E-state index in [4.69, 9.17) is 11.6 Å². The molecule has 0 aliphatic rings. The minimum absolute atomic E-state index is 0.0446. The second-order valence-electron chi connectivity index (χ2n) is 10.8. The molecule has 4 aromatic carbocycles. The minimum Gasteiger partial charge on any atom is -0.352 e. The lowest BCUT2D eigenvalue weighted by Gasteiger charge is -2.34. The molecule has 0 saturated carbocycles. The number of sulfonamides is 1. The quantitative estimate of drug-likeness (QED) is 0.185. The van der Waals surface area contributed by atoms with Gasteiger partial charge in [-0.25, -0.2) is 8.42 Å². The summed E-state index contributed by atoms with van der Waals surface area (Å²) >= 11 is 6.12. The van der Waals surface area contributed by atoms with E-state index in [9.17, 15) is 18.0 Å². The topological polar surface area (TPSA) is 86.8 Å². The second kappa shape index (κ2) is 15.0. The third-order valence-electron chi connectivity index (χ3n) is 7.47. The van der Waals surface area contributed by atoms with Crippen LogP contribution in [0.1, 0.15) is 37.0 Å². The number of hydrogen-bond donors (Lipinski definition) is 1. The highest BCUT2D eigenvalue weighted by molar-refractivity contribution is 7.92. The van der Waals surface area contributed by atoms with Crippen molar-refractivity contribution < 1.29 is 18.0 Å². The Kier molecular flexibility index (Phi) is 11.2. The lowest BCUT2D eigenvalue weighted by molar-refractivity contribution is -0.140. The van der Waals surface area contributed by atoms with E-state index in [1.54, 1.807) is 42.5 Å². The van der Waals surface area contributed by atoms with Gasteiger partial charge in [0.05, 0.1) is 10.6 Å². The van der Waals surface area contributed by atoms with Gasteiger partial charge in [0.2, 0.25) is 11.8 Å². The second-order valence-corrected chi connectivity index (χ2v) is 13.1. The number of aryl methyl sites for hydroxylation is 1. The molecule has 230 valence electrons. The van der Waals surface area contributed by atoms with E-state index in [1.807, 2.05) is 75.4 Å². The number of anilines is 1. The highest BCUT2D eigenvalue weighted by atomic mass is 35.5. The third kappa shape index (κ3) is 8.49. The molecule has 0 aromatic heterocycles. The van der Waals surface area contributed by atoms with Gasteiger partial charge in [0.25, 0.3) is 10.0 Å². The molecule has 0 aliphatic heterocycles. The summed E-state index contributed by atoms with van der Waals surface area (Å²) in [5, 5.41) is 3.48. The van der Waals surface area contributed by atoms with Crippen LogP contribution in [-0.2, 0) is 32.6 Å². The Bertz CT molecular complexity index is 1630. The first-order chi connectivity index (χ1) is 21.1. The molecule has 0 heterocycles. The number of benzene rings is 4. The van der Waals surface area contributed by atoms with Crippen molar-refractivity contribution in [2.45, 2.75) is 57.1 Å². The molecular weight excluding hydrogens is 594 g/mol. The van der Waals surface area contributed by atoms with Gasteiger partial charge in [0.1, 0.15) is 12.6 Å². The van der Waals surface area contributed by atoms with Gasteiger partial charge in [-0.1, -0.05) is 96.9 Å². The standard InChI is InChI=1S/C35H38ClN3O4S/c1-4-27(3)37-35(41)33(23-28-11-7-5-8-12-28)38(24-29-17-15-26(2)16-18-29)34(40)25-39(31-21-19-30(36)20-22-31)44(42,43)32-13-9-6-10-14-32/h5-22,27,33H,4,23-25H2,1-3H3,(H,37,41)/t27-,33-/m1/s1. The summed E-state index contributed by atoms with van der Waals surface area (Å²) in [6.07, 6.45) is 0.975. The van der Waals surface area contributed by atoms with Crippen molar-refractivity contribution in [3.8, 4) is 0 Å². The predicted octanol–water partition coefficient (Wildman–Crippen LogP) is 6.40. The van der Waals surface area contributed by atoms with Crippen molar-refractivity contribution in [1.82, 2.24) is 10.2 Å². The largest absolute Gasteiger partial charge is 0.352 e. The number of halogens is 1. The average molecular weight is 632 g/mol. The zero-order chi connectivity index (χ0) is 31.7. The molecule has 0 saturated heterocycles. The highest BCUT2D eigenvalue weighted by Crippen LogP contribution is 2.26. The van der Waals surface area contributed by atoms with Crippen LogP contribution in [0.3, 0.4) is 0 Å². The van der Waals surface area contributed by atoms with Crippen LogP contribution >= 0.6 is 11.6 Å². The molecule has 0 radical (unpaired) electrons. The molecule has 1 N–H and O–H groups in total. The summed E-state index contributed by atoms with van der Waals surface area (Å²) in [4.78, 5) is 29.9. The number of hydrogen-bond acceptors (Lipinski definition) is 4. The molecule has 9 heteroatoms. The lowest BCUT2D eigenvalue weighted by atomic mass is 10.0. The van der Waals surface area contributed by atoms with Crippen LogP contribution in [0.25, 0.3) is 0 Å². The SMILES string of the molecule is CC[C@@H](C)NC(=O)[C@@H](Cc1ccccc1)N(Cc1ccc(C)cc1)C(=O)CN(c1ccc(Cl)cc1)S(=O)(=O)c1ccccc1. The fourth-order valence-electron chi connectivity index (χ4n) is 4.74. The molecule has 4 rings (SSSR count). The van der Waals surface area contributed by atoms with E-state index in [2.05, 4.69) is 5.32 Å². The van der Waals surface area contributed by atoms with Gasteiger partial charge in [0.15, 0.2) is 0 Å². The molecular formula is C35H38ClN3O4S. The number of amides is 2. The zero-order valence-electron chi connectivity index (χ0n) is 25.2. The molecule has 0 fully saturated rings. The van der Waals surface area contributed by atoms with E-state index in [-0.39, 0.29) is 35.5 Å². The van der Waals surface area contributed by atoms with Crippen LogP contribution in [0.15, 0.2) is 114 Å². The Hall–Kier alpha value is -4.14. The fourth-order valence-corrected chi connectivity index (χ4v) is 6.30.